The number of piperidine rings is 1. The monoisotopic (exact) mass is 323 g/mol. The highest BCUT2D eigenvalue weighted by atomic mass is 19.1. The van der Waals surface area contributed by atoms with Crippen LogP contribution in [-0.2, 0) is 4.74 Å². The Kier molecular flexibility index (Phi) is 5.41. The third-order valence-electron chi connectivity index (χ3n) is 4.07. The number of carbonyl (C=O) groups excluding carboxylic acids is 2. The average Bonchev–Trinajstić information content (AvgIpc) is 2.47. The van der Waals surface area contributed by atoms with Gasteiger partial charge in [0.15, 0.2) is 0 Å². The number of carbonyl (C=O) groups is 2. The number of halogens is 1. The van der Waals surface area contributed by atoms with Crippen molar-refractivity contribution >= 4 is 12.1 Å². The Morgan fingerprint density at radius 1 is 1.48 bits per heavy atom. The zero-order valence-corrected chi connectivity index (χ0v) is 13.3. The largest absolute Gasteiger partial charge is 0.450 e. The number of rotatable bonds is 3. The summed E-state index contributed by atoms with van der Waals surface area (Å²) in [5.74, 6) is -0.325. The van der Waals surface area contributed by atoms with Crippen LogP contribution in [0.1, 0.15) is 36.9 Å². The Hall–Kier alpha value is -2.31. The summed E-state index contributed by atoms with van der Waals surface area (Å²) in [7, 11) is 0. The number of nitrogens with one attached hydrogen (secondary N) is 1. The van der Waals surface area contributed by atoms with Gasteiger partial charge in [0.05, 0.1) is 12.6 Å². The lowest BCUT2D eigenvalue weighted by molar-refractivity contribution is 0.124. The molecule has 1 saturated heterocycles. The zero-order chi connectivity index (χ0) is 17.0. The molecule has 2 rings (SSSR count). The fourth-order valence-corrected chi connectivity index (χ4v) is 3.01. The highest BCUT2D eigenvalue weighted by Crippen LogP contribution is 2.33. The molecule has 1 fully saturated rings. The van der Waals surface area contributed by atoms with Gasteiger partial charge in [-0.1, -0.05) is 6.07 Å². The summed E-state index contributed by atoms with van der Waals surface area (Å²) in [5, 5.41) is 2.80. The minimum absolute atomic E-state index is 0.126. The van der Waals surface area contributed by atoms with E-state index < -0.39 is 12.1 Å². The Morgan fingerprint density at radius 2 is 2.22 bits per heavy atom. The fourth-order valence-electron chi connectivity index (χ4n) is 3.01. The van der Waals surface area contributed by atoms with Gasteiger partial charge in [-0.2, -0.15) is 0 Å². The maximum absolute atomic E-state index is 13.3. The molecule has 126 valence electrons. The van der Waals surface area contributed by atoms with Gasteiger partial charge < -0.3 is 20.7 Å². The lowest BCUT2D eigenvalue weighted by Crippen LogP contribution is -2.50. The molecule has 1 aromatic carbocycles. The number of likely N-dealkylation sites (tertiary alicyclic amines) is 1. The van der Waals surface area contributed by atoms with Crippen LogP contribution in [0.2, 0.25) is 0 Å². The van der Waals surface area contributed by atoms with Gasteiger partial charge in [-0.15, -0.1) is 0 Å². The molecule has 1 aliphatic heterocycles. The first-order valence-corrected chi connectivity index (χ1v) is 7.67. The summed E-state index contributed by atoms with van der Waals surface area (Å²) in [6.45, 7) is 4.25. The summed E-state index contributed by atoms with van der Waals surface area (Å²) in [5.41, 5.74) is 7.05. The number of alkyl carbamates (subject to hydrolysis) is 1. The van der Waals surface area contributed by atoms with Gasteiger partial charge in [-0.05, 0) is 49.9 Å². The summed E-state index contributed by atoms with van der Waals surface area (Å²) in [6, 6.07) is 3.51. The SMILES string of the molecule is CCOC(=O)NC1CCN(C(N)=O)C(c2ccc(F)cc2C)C1. The van der Waals surface area contributed by atoms with Gasteiger partial charge in [0.1, 0.15) is 5.82 Å². The van der Waals surface area contributed by atoms with Crippen molar-refractivity contribution in [2.24, 2.45) is 5.73 Å². The molecule has 1 heterocycles. The van der Waals surface area contributed by atoms with Crippen molar-refractivity contribution in [2.75, 3.05) is 13.2 Å². The average molecular weight is 323 g/mol. The first-order chi connectivity index (χ1) is 10.9. The van der Waals surface area contributed by atoms with E-state index in [0.29, 0.717) is 26.0 Å². The van der Waals surface area contributed by atoms with E-state index in [1.165, 1.54) is 12.1 Å². The van der Waals surface area contributed by atoms with E-state index in [0.717, 1.165) is 11.1 Å². The van der Waals surface area contributed by atoms with Crippen molar-refractivity contribution in [2.45, 2.75) is 38.8 Å². The molecule has 2 unspecified atom stereocenters. The van der Waals surface area contributed by atoms with Gasteiger partial charge >= 0.3 is 12.1 Å². The molecule has 0 spiro atoms. The molecule has 23 heavy (non-hydrogen) atoms. The fraction of sp³-hybridized carbons (Fsp3) is 0.500. The predicted molar refractivity (Wildman–Crippen MR) is 83.3 cm³/mol. The van der Waals surface area contributed by atoms with E-state index in [-0.39, 0.29) is 17.9 Å². The van der Waals surface area contributed by atoms with Gasteiger partial charge in [0.25, 0.3) is 0 Å². The Bertz CT molecular complexity index is 594. The van der Waals surface area contributed by atoms with Crippen LogP contribution < -0.4 is 11.1 Å². The molecular formula is C16H22FN3O3. The van der Waals surface area contributed by atoms with E-state index in [4.69, 9.17) is 10.5 Å². The second kappa shape index (κ2) is 7.30. The van der Waals surface area contributed by atoms with Gasteiger partial charge in [-0.25, -0.2) is 14.0 Å². The lowest BCUT2D eigenvalue weighted by atomic mass is 9.89. The van der Waals surface area contributed by atoms with E-state index in [1.807, 2.05) is 0 Å². The van der Waals surface area contributed by atoms with Crippen molar-refractivity contribution in [3.63, 3.8) is 0 Å². The molecule has 7 heteroatoms. The first-order valence-electron chi connectivity index (χ1n) is 7.67. The van der Waals surface area contributed by atoms with Crippen LogP contribution in [0.25, 0.3) is 0 Å². The molecule has 0 aliphatic carbocycles. The second-order valence-electron chi connectivity index (χ2n) is 5.63. The molecule has 3 N–H and O–H groups in total. The van der Waals surface area contributed by atoms with E-state index in [2.05, 4.69) is 5.32 Å². The number of nitrogens with two attached hydrogens (primary N) is 1. The van der Waals surface area contributed by atoms with E-state index >= 15 is 0 Å². The van der Waals surface area contributed by atoms with Gasteiger partial charge in [0.2, 0.25) is 0 Å². The molecule has 0 bridgehead atoms. The number of benzene rings is 1. The normalized spacial score (nSPS) is 20.9. The minimum Gasteiger partial charge on any atom is -0.450 e. The summed E-state index contributed by atoms with van der Waals surface area (Å²) < 4.78 is 18.2. The van der Waals surface area contributed by atoms with Crippen molar-refractivity contribution in [3.8, 4) is 0 Å². The number of hydrogen-bond acceptors (Lipinski definition) is 3. The smallest absolute Gasteiger partial charge is 0.407 e. The van der Waals surface area contributed by atoms with Crippen LogP contribution in [0.5, 0.6) is 0 Å². The van der Waals surface area contributed by atoms with Crippen LogP contribution in [0.4, 0.5) is 14.0 Å². The third kappa shape index (κ3) is 4.12. The molecular weight excluding hydrogens is 301 g/mol. The standard InChI is InChI=1S/C16H22FN3O3/c1-3-23-16(22)19-12-6-7-20(15(18)21)14(9-12)13-5-4-11(17)8-10(13)2/h4-5,8,12,14H,3,6-7,9H2,1-2H3,(H2,18,21)(H,19,22). The number of urea groups is 1. The number of hydrogen-bond donors (Lipinski definition) is 2. The first kappa shape index (κ1) is 17.1. The molecule has 0 saturated carbocycles. The molecule has 3 amide bonds. The van der Waals surface area contributed by atoms with E-state index in [9.17, 15) is 14.0 Å². The van der Waals surface area contributed by atoms with Crippen LogP contribution in [0.3, 0.4) is 0 Å². The van der Waals surface area contributed by atoms with Crippen LogP contribution in [0, 0.1) is 12.7 Å². The van der Waals surface area contributed by atoms with Crippen LogP contribution in [-0.4, -0.2) is 36.2 Å². The Morgan fingerprint density at radius 3 is 2.83 bits per heavy atom. The number of amides is 3. The van der Waals surface area contributed by atoms with Crippen molar-refractivity contribution in [3.05, 3.63) is 35.1 Å². The maximum Gasteiger partial charge on any atom is 0.407 e. The highest BCUT2D eigenvalue weighted by molar-refractivity contribution is 5.73. The predicted octanol–water partition coefficient (Wildman–Crippen LogP) is 2.46. The molecule has 0 aromatic heterocycles. The Balaban J connectivity index is 2.20. The molecule has 0 radical (unpaired) electrons. The number of primary amides is 1. The van der Waals surface area contributed by atoms with E-state index in [1.54, 1.807) is 24.8 Å². The lowest BCUT2D eigenvalue weighted by Gasteiger charge is -2.39. The number of nitrogens with zero attached hydrogens (tertiary/aromatic N) is 1. The van der Waals surface area contributed by atoms with Gasteiger partial charge in [-0.3, -0.25) is 0 Å². The van der Waals surface area contributed by atoms with Crippen LogP contribution >= 0.6 is 0 Å². The van der Waals surface area contributed by atoms with Crippen molar-refractivity contribution < 1.29 is 18.7 Å². The highest BCUT2D eigenvalue weighted by Gasteiger charge is 2.33. The zero-order valence-electron chi connectivity index (χ0n) is 13.3. The second-order valence-corrected chi connectivity index (χ2v) is 5.63. The van der Waals surface area contributed by atoms with Crippen molar-refractivity contribution in [1.82, 2.24) is 10.2 Å². The van der Waals surface area contributed by atoms with Crippen molar-refractivity contribution in [1.29, 1.82) is 0 Å². The molecule has 1 aliphatic rings. The third-order valence-corrected chi connectivity index (χ3v) is 4.07. The molecule has 6 nitrogen and oxygen atoms in total. The summed E-state index contributed by atoms with van der Waals surface area (Å²) in [4.78, 5) is 24.9. The number of aryl methyl sites for hydroxylation is 1. The Labute approximate surface area is 134 Å². The molecule has 1 aromatic rings. The molecule has 2 atom stereocenters. The van der Waals surface area contributed by atoms with Crippen LogP contribution in [0.15, 0.2) is 18.2 Å². The minimum atomic E-state index is -0.520. The summed E-state index contributed by atoms with van der Waals surface area (Å²) >= 11 is 0. The maximum atomic E-state index is 13.3. The van der Waals surface area contributed by atoms with Gasteiger partial charge in [0, 0.05) is 12.6 Å². The topological polar surface area (TPSA) is 84.7 Å². The number of ether oxygens (including phenoxy) is 1. The quantitative estimate of drug-likeness (QED) is 0.896. The summed E-state index contributed by atoms with van der Waals surface area (Å²) in [6.07, 6.45) is 0.631.